The molecule has 3 atom stereocenters. The van der Waals surface area contributed by atoms with Gasteiger partial charge in [-0.15, -0.1) is 0 Å². The average molecular weight is 327 g/mol. The zero-order valence-electron chi connectivity index (χ0n) is 12.1. The number of ether oxygens (including phenoxy) is 1. The molecule has 1 unspecified atom stereocenters. The largest absolute Gasteiger partial charge is 0.372 e. The number of nitrogens with one attached hydrogen (secondary N) is 1. The number of hydrogen-bond acceptors (Lipinski definition) is 3. The molecule has 1 aliphatic rings. The molecule has 2 rings (SSSR count). The standard InChI is InChI=1S/C15H23BrN2O/c1-10-8-18(9-11(2)19-10)15-6-5-13(16)7-14(15)12(3)17-4/h5-7,10-12,17H,8-9H2,1-4H3/t10-,11+,12?. The molecule has 4 heteroatoms. The molecule has 0 aromatic heterocycles. The van der Waals surface area contributed by atoms with E-state index in [2.05, 4.69) is 65.1 Å². The molecule has 106 valence electrons. The Balaban J connectivity index is 2.32. The molecule has 0 aliphatic carbocycles. The number of anilines is 1. The van der Waals surface area contributed by atoms with Crippen LogP contribution < -0.4 is 10.2 Å². The van der Waals surface area contributed by atoms with Crippen LogP contribution in [0, 0.1) is 0 Å². The fourth-order valence-electron chi connectivity index (χ4n) is 2.69. The van der Waals surface area contributed by atoms with Crippen molar-refractivity contribution in [3.63, 3.8) is 0 Å². The van der Waals surface area contributed by atoms with Gasteiger partial charge in [-0.1, -0.05) is 15.9 Å². The summed E-state index contributed by atoms with van der Waals surface area (Å²) in [6.45, 7) is 8.38. The topological polar surface area (TPSA) is 24.5 Å². The molecule has 1 saturated heterocycles. The van der Waals surface area contributed by atoms with Crippen molar-refractivity contribution >= 4 is 21.6 Å². The number of nitrogens with zero attached hydrogens (tertiary/aromatic N) is 1. The van der Waals surface area contributed by atoms with E-state index < -0.39 is 0 Å². The minimum absolute atomic E-state index is 0.283. The second-order valence-electron chi connectivity index (χ2n) is 5.38. The fraction of sp³-hybridized carbons (Fsp3) is 0.600. The van der Waals surface area contributed by atoms with E-state index in [4.69, 9.17) is 4.74 Å². The van der Waals surface area contributed by atoms with E-state index in [1.807, 2.05) is 7.05 Å². The lowest BCUT2D eigenvalue weighted by molar-refractivity contribution is -0.00528. The maximum absolute atomic E-state index is 5.82. The number of rotatable bonds is 3. The summed E-state index contributed by atoms with van der Waals surface area (Å²) in [6.07, 6.45) is 0.565. The third kappa shape index (κ3) is 3.50. The second kappa shape index (κ2) is 6.25. The van der Waals surface area contributed by atoms with Gasteiger partial charge in [0.1, 0.15) is 0 Å². The molecule has 0 bridgehead atoms. The highest BCUT2D eigenvalue weighted by Gasteiger charge is 2.24. The third-order valence-electron chi connectivity index (χ3n) is 3.65. The van der Waals surface area contributed by atoms with Gasteiger partial charge < -0.3 is 15.0 Å². The second-order valence-corrected chi connectivity index (χ2v) is 6.29. The first kappa shape index (κ1) is 14.8. The van der Waals surface area contributed by atoms with Crippen molar-refractivity contribution in [1.29, 1.82) is 0 Å². The van der Waals surface area contributed by atoms with Crippen molar-refractivity contribution in [1.82, 2.24) is 5.32 Å². The Labute approximate surface area is 124 Å². The minimum atomic E-state index is 0.283. The highest BCUT2D eigenvalue weighted by Crippen LogP contribution is 2.31. The van der Waals surface area contributed by atoms with Crippen molar-refractivity contribution in [2.24, 2.45) is 0 Å². The van der Waals surface area contributed by atoms with Crippen LogP contribution in [0.5, 0.6) is 0 Å². The van der Waals surface area contributed by atoms with Crippen molar-refractivity contribution < 1.29 is 4.74 Å². The first-order valence-electron chi connectivity index (χ1n) is 6.88. The Kier molecular flexibility index (Phi) is 4.87. The van der Waals surface area contributed by atoms with Crippen molar-refractivity contribution in [3.05, 3.63) is 28.2 Å². The third-order valence-corrected chi connectivity index (χ3v) is 4.14. The van der Waals surface area contributed by atoms with Crippen LogP contribution in [0.3, 0.4) is 0 Å². The summed E-state index contributed by atoms with van der Waals surface area (Å²) in [6, 6.07) is 6.87. The van der Waals surface area contributed by atoms with Crippen LogP contribution in [0.1, 0.15) is 32.4 Å². The van der Waals surface area contributed by atoms with Crippen molar-refractivity contribution in [3.8, 4) is 0 Å². The Hall–Kier alpha value is -0.580. The van der Waals surface area contributed by atoms with Crippen LogP contribution >= 0.6 is 15.9 Å². The minimum Gasteiger partial charge on any atom is -0.372 e. The SMILES string of the molecule is CNC(C)c1cc(Br)ccc1N1C[C@@H](C)O[C@@H](C)C1. The van der Waals surface area contributed by atoms with Gasteiger partial charge in [0.2, 0.25) is 0 Å². The first-order valence-corrected chi connectivity index (χ1v) is 7.67. The van der Waals surface area contributed by atoms with Gasteiger partial charge in [-0.2, -0.15) is 0 Å². The first-order chi connectivity index (χ1) is 9.01. The van der Waals surface area contributed by atoms with Crippen molar-refractivity contribution in [2.75, 3.05) is 25.0 Å². The number of halogens is 1. The summed E-state index contributed by atoms with van der Waals surface area (Å²) in [5.41, 5.74) is 2.64. The molecule has 3 nitrogen and oxygen atoms in total. The molecule has 1 heterocycles. The molecule has 1 aliphatic heterocycles. The van der Waals surface area contributed by atoms with E-state index >= 15 is 0 Å². The molecule has 1 aromatic rings. The highest BCUT2D eigenvalue weighted by molar-refractivity contribution is 9.10. The lowest BCUT2D eigenvalue weighted by Gasteiger charge is -2.38. The zero-order chi connectivity index (χ0) is 14.0. The predicted molar refractivity (Wildman–Crippen MR) is 83.8 cm³/mol. The van der Waals surface area contributed by atoms with E-state index in [1.54, 1.807) is 0 Å². The lowest BCUT2D eigenvalue weighted by atomic mass is 10.0. The van der Waals surface area contributed by atoms with Gasteiger partial charge in [-0.3, -0.25) is 0 Å². The molecule has 0 radical (unpaired) electrons. The molecular weight excluding hydrogens is 304 g/mol. The van der Waals surface area contributed by atoms with Gasteiger partial charge in [0.25, 0.3) is 0 Å². The number of hydrogen-bond donors (Lipinski definition) is 1. The molecule has 1 N–H and O–H groups in total. The molecular formula is C15H23BrN2O. The molecule has 1 fully saturated rings. The van der Waals surface area contributed by atoms with Crippen LogP contribution in [-0.4, -0.2) is 32.3 Å². The molecule has 0 amide bonds. The number of benzene rings is 1. The summed E-state index contributed by atoms with van der Waals surface area (Å²) >= 11 is 3.57. The lowest BCUT2D eigenvalue weighted by Crippen LogP contribution is -2.46. The smallest absolute Gasteiger partial charge is 0.0726 e. The molecule has 0 spiro atoms. The summed E-state index contributed by atoms with van der Waals surface area (Å²) in [4.78, 5) is 2.44. The Morgan fingerprint density at radius 3 is 2.53 bits per heavy atom. The molecule has 19 heavy (non-hydrogen) atoms. The van der Waals surface area contributed by atoms with Gasteiger partial charge in [0.15, 0.2) is 0 Å². The van der Waals surface area contributed by atoms with Crippen LogP contribution in [0.15, 0.2) is 22.7 Å². The van der Waals surface area contributed by atoms with Gasteiger partial charge >= 0.3 is 0 Å². The Morgan fingerprint density at radius 2 is 1.95 bits per heavy atom. The predicted octanol–water partition coefficient (Wildman–Crippen LogP) is 3.34. The molecule has 0 saturated carbocycles. The van der Waals surface area contributed by atoms with Crippen LogP contribution in [0.2, 0.25) is 0 Å². The van der Waals surface area contributed by atoms with Crippen LogP contribution in [-0.2, 0) is 4.74 Å². The summed E-state index contributed by atoms with van der Waals surface area (Å²) < 4.78 is 6.95. The van der Waals surface area contributed by atoms with Crippen LogP contribution in [0.4, 0.5) is 5.69 Å². The van der Waals surface area contributed by atoms with E-state index in [-0.39, 0.29) is 12.2 Å². The quantitative estimate of drug-likeness (QED) is 0.921. The van der Waals surface area contributed by atoms with E-state index in [9.17, 15) is 0 Å². The Morgan fingerprint density at radius 1 is 1.32 bits per heavy atom. The summed E-state index contributed by atoms with van der Waals surface area (Å²) in [5, 5.41) is 3.33. The Bertz CT molecular complexity index is 428. The van der Waals surface area contributed by atoms with E-state index in [0.29, 0.717) is 6.04 Å². The highest BCUT2D eigenvalue weighted by atomic mass is 79.9. The fourth-order valence-corrected chi connectivity index (χ4v) is 3.07. The van der Waals surface area contributed by atoms with Gasteiger partial charge in [-0.25, -0.2) is 0 Å². The van der Waals surface area contributed by atoms with Gasteiger partial charge in [0, 0.05) is 29.3 Å². The monoisotopic (exact) mass is 326 g/mol. The average Bonchev–Trinajstić information content (AvgIpc) is 2.36. The maximum atomic E-state index is 5.82. The van der Waals surface area contributed by atoms with Gasteiger partial charge in [-0.05, 0) is 51.6 Å². The van der Waals surface area contributed by atoms with E-state index in [0.717, 1.165) is 17.6 Å². The number of morpholine rings is 1. The zero-order valence-corrected chi connectivity index (χ0v) is 13.7. The van der Waals surface area contributed by atoms with Gasteiger partial charge in [0.05, 0.1) is 12.2 Å². The summed E-state index contributed by atoms with van der Waals surface area (Å²) in [7, 11) is 2.00. The maximum Gasteiger partial charge on any atom is 0.0726 e. The van der Waals surface area contributed by atoms with Crippen LogP contribution in [0.25, 0.3) is 0 Å². The van der Waals surface area contributed by atoms with E-state index in [1.165, 1.54) is 11.3 Å². The molecule has 1 aromatic carbocycles. The normalized spacial score (nSPS) is 25.4. The van der Waals surface area contributed by atoms with Crippen molar-refractivity contribution in [2.45, 2.75) is 39.0 Å². The summed E-state index contributed by atoms with van der Waals surface area (Å²) in [5.74, 6) is 0.